The summed E-state index contributed by atoms with van der Waals surface area (Å²) in [6, 6.07) is 19.2. The lowest BCUT2D eigenvalue weighted by Crippen LogP contribution is -2.32. The molecular formula is C25H18BrCl2N3O3. The van der Waals surface area contributed by atoms with Crippen LogP contribution in [0.4, 0.5) is 17.1 Å². The molecule has 4 rings (SSSR count). The molecule has 2 N–H and O–H groups in total. The van der Waals surface area contributed by atoms with Gasteiger partial charge in [-0.25, -0.2) is 4.90 Å². The number of benzene rings is 3. The molecule has 3 amide bonds. The van der Waals surface area contributed by atoms with Crippen molar-refractivity contribution < 1.29 is 14.4 Å². The van der Waals surface area contributed by atoms with Crippen LogP contribution < -0.4 is 15.5 Å². The Morgan fingerprint density at radius 2 is 1.68 bits per heavy atom. The number of halogens is 3. The predicted octanol–water partition coefficient (Wildman–Crippen LogP) is 6.03. The first-order valence-electron chi connectivity index (χ1n) is 10.2. The number of rotatable bonds is 6. The molecule has 0 aliphatic carbocycles. The summed E-state index contributed by atoms with van der Waals surface area (Å²) in [5, 5.41) is 5.99. The maximum Gasteiger partial charge on any atom is 0.283 e. The molecule has 0 atom stereocenters. The third-order valence-electron chi connectivity index (χ3n) is 5.14. The number of amides is 3. The number of nitrogens with one attached hydrogen (secondary N) is 2. The number of carbonyl (C=O) groups excluding carboxylic acids is 3. The molecule has 172 valence electrons. The van der Waals surface area contributed by atoms with Gasteiger partial charge >= 0.3 is 0 Å². The van der Waals surface area contributed by atoms with E-state index in [0.717, 1.165) is 20.5 Å². The largest absolute Gasteiger partial charge is 0.350 e. The normalized spacial score (nSPS) is 13.5. The summed E-state index contributed by atoms with van der Waals surface area (Å²) in [7, 11) is 0. The second kappa shape index (κ2) is 10.0. The summed E-state index contributed by atoms with van der Waals surface area (Å²) >= 11 is 15.7. The SMILES string of the molecule is Cc1ccc(N2C(=O)C(Cl)=C(Nc3ccc(CC(=O)Nc4cccc(Br)c4)cc3)C2=O)cc1Cl. The molecule has 1 aliphatic heterocycles. The first kappa shape index (κ1) is 24.0. The second-order valence-electron chi connectivity index (χ2n) is 7.63. The molecule has 3 aromatic carbocycles. The van der Waals surface area contributed by atoms with Crippen molar-refractivity contribution in [3.8, 4) is 0 Å². The van der Waals surface area contributed by atoms with E-state index in [0.29, 0.717) is 22.1 Å². The van der Waals surface area contributed by atoms with Crippen LogP contribution in [0.1, 0.15) is 11.1 Å². The maximum absolute atomic E-state index is 12.9. The highest BCUT2D eigenvalue weighted by molar-refractivity contribution is 9.10. The molecule has 1 aliphatic rings. The fourth-order valence-corrected chi connectivity index (χ4v) is 4.16. The average molecular weight is 559 g/mol. The monoisotopic (exact) mass is 557 g/mol. The lowest BCUT2D eigenvalue weighted by atomic mass is 10.1. The number of hydrogen-bond acceptors (Lipinski definition) is 4. The second-order valence-corrected chi connectivity index (χ2v) is 9.33. The van der Waals surface area contributed by atoms with E-state index < -0.39 is 11.8 Å². The Labute approximate surface area is 214 Å². The van der Waals surface area contributed by atoms with Crippen molar-refractivity contribution >= 4 is 73.9 Å². The van der Waals surface area contributed by atoms with E-state index in [1.807, 2.05) is 25.1 Å². The van der Waals surface area contributed by atoms with Crippen LogP contribution in [0.5, 0.6) is 0 Å². The number of nitrogens with zero attached hydrogens (tertiary/aromatic N) is 1. The minimum Gasteiger partial charge on any atom is -0.350 e. The van der Waals surface area contributed by atoms with E-state index in [1.54, 1.807) is 48.5 Å². The van der Waals surface area contributed by atoms with Crippen LogP contribution >= 0.6 is 39.1 Å². The number of aryl methyl sites for hydroxylation is 1. The van der Waals surface area contributed by atoms with Gasteiger partial charge in [-0.2, -0.15) is 0 Å². The van der Waals surface area contributed by atoms with Gasteiger partial charge in [-0.1, -0.05) is 63.4 Å². The highest BCUT2D eigenvalue weighted by atomic mass is 79.9. The van der Waals surface area contributed by atoms with E-state index in [4.69, 9.17) is 23.2 Å². The maximum atomic E-state index is 12.9. The number of carbonyl (C=O) groups is 3. The molecule has 0 saturated heterocycles. The van der Waals surface area contributed by atoms with E-state index in [9.17, 15) is 14.4 Å². The lowest BCUT2D eigenvalue weighted by Gasteiger charge is -2.16. The van der Waals surface area contributed by atoms with Crippen LogP contribution in [-0.4, -0.2) is 17.7 Å². The number of hydrogen-bond donors (Lipinski definition) is 2. The molecule has 3 aromatic rings. The first-order chi connectivity index (χ1) is 16.2. The van der Waals surface area contributed by atoms with Crippen LogP contribution in [0, 0.1) is 6.92 Å². The topological polar surface area (TPSA) is 78.5 Å². The zero-order valence-corrected chi connectivity index (χ0v) is 21.0. The molecular weight excluding hydrogens is 541 g/mol. The first-order valence-corrected chi connectivity index (χ1v) is 11.7. The Morgan fingerprint density at radius 1 is 0.941 bits per heavy atom. The van der Waals surface area contributed by atoms with Crippen molar-refractivity contribution in [1.29, 1.82) is 0 Å². The Balaban J connectivity index is 1.43. The van der Waals surface area contributed by atoms with Gasteiger partial charge in [0, 0.05) is 20.9 Å². The van der Waals surface area contributed by atoms with Gasteiger partial charge in [0.1, 0.15) is 10.7 Å². The number of anilines is 3. The zero-order chi connectivity index (χ0) is 24.4. The summed E-state index contributed by atoms with van der Waals surface area (Å²) in [5.74, 6) is -1.36. The van der Waals surface area contributed by atoms with Crippen LogP contribution in [0.25, 0.3) is 0 Å². The van der Waals surface area contributed by atoms with Gasteiger partial charge in [-0.15, -0.1) is 0 Å². The molecule has 0 aromatic heterocycles. The van der Waals surface area contributed by atoms with Gasteiger partial charge in [0.15, 0.2) is 0 Å². The fourth-order valence-electron chi connectivity index (χ4n) is 3.37. The van der Waals surface area contributed by atoms with Crippen LogP contribution in [0.3, 0.4) is 0 Å². The minimum absolute atomic E-state index is 0.0245. The third-order valence-corrected chi connectivity index (χ3v) is 6.39. The highest BCUT2D eigenvalue weighted by Crippen LogP contribution is 2.32. The highest BCUT2D eigenvalue weighted by Gasteiger charge is 2.39. The van der Waals surface area contributed by atoms with Gasteiger partial charge in [-0.05, 0) is 60.5 Å². The molecule has 0 fully saturated rings. The molecule has 0 radical (unpaired) electrons. The molecule has 0 unspecified atom stereocenters. The average Bonchev–Trinajstić information content (AvgIpc) is 3.00. The Hall–Kier alpha value is -3.13. The van der Waals surface area contributed by atoms with Gasteiger partial charge < -0.3 is 10.6 Å². The molecule has 9 heteroatoms. The minimum atomic E-state index is -0.630. The summed E-state index contributed by atoms with van der Waals surface area (Å²) in [6.45, 7) is 1.83. The number of imide groups is 1. The van der Waals surface area contributed by atoms with Gasteiger partial charge in [0.05, 0.1) is 12.1 Å². The van der Waals surface area contributed by atoms with Crippen molar-refractivity contribution in [2.24, 2.45) is 0 Å². The van der Waals surface area contributed by atoms with Gasteiger partial charge in [0.25, 0.3) is 11.8 Å². The van der Waals surface area contributed by atoms with E-state index in [2.05, 4.69) is 26.6 Å². The van der Waals surface area contributed by atoms with Gasteiger partial charge in [0.2, 0.25) is 5.91 Å². The van der Waals surface area contributed by atoms with Crippen LogP contribution in [0.2, 0.25) is 5.02 Å². The lowest BCUT2D eigenvalue weighted by molar-refractivity contribution is -0.120. The Bertz CT molecular complexity index is 1340. The molecule has 0 spiro atoms. The summed E-state index contributed by atoms with van der Waals surface area (Å²) in [6.07, 6.45) is 0.176. The molecule has 1 heterocycles. The van der Waals surface area contributed by atoms with Crippen LogP contribution in [0.15, 0.2) is 81.9 Å². The van der Waals surface area contributed by atoms with Crippen molar-refractivity contribution in [2.75, 3.05) is 15.5 Å². The molecule has 0 saturated carbocycles. The van der Waals surface area contributed by atoms with E-state index in [1.165, 1.54) is 0 Å². The quantitative estimate of drug-likeness (QED) is 0.362. The molecule has 6 nitrogen and oxygen atoms in total. The smallest absolute Gasteiger partial charge is 0.283 e. The summed E-state index contributed by atoms with van der Waals surface area (Å²) < 4.78 is 0.873. The fraction of sp³-hybridized carbons (Fsp3) is 0.0800. The van der Waals surface area contributed by atoms with E-state index >= 15 is 0 Å². The van der Waals surface area contributed by atoms with Crippen LogP contribution in [-0.2, 0) is 20.8 Å². The summed E-state index contributed by atoms with van der Waals surface area (Å²) in [5.41, 5.74) is 3.17. The van der Waals surface area contributed by atoms with Crippen molar-refractivity contribution in [1.82, 2.24) is 0 Å². The third kappa shape index (κ3) is 5.17. The molecule has 0 bridgehead atoms. The van der Waals surface area contributed by atoms with E-state index in [-0.39, 0.29) is 23.1 Å². The summed E-state index contributed by atoms with van der Waals surface area (Å²) in [4.78, 5) is 38.9. The van der Waals surface area contributed by atoms with Gasteiger partial charge in [-0.3, -0.25) is 14.4 Å². The molecule has 34 heavy (non-hydrogen) atoms. The van der Waals surface area contributed by atoms with Crippen molar-refractivity contribution in [2.45, 2.75) is 13.3 Å². The Kier molecular flexibility index (Phi) is 7.07. The zero-order valence-electron chi connectivity index (χ0n) is 17.9. The predicted molar refractivity (Wildman–Crippen MR) is 138 cm³/mol. The Morgan fingerprint density at radius 3 is 2.35 bits per heavy atom. The standard InChI is InChI=1S/C25H18BrCl2N3O3/c1-14-5-10-19(13-20(14)27)31-24(33)22(28)23(25(31)34)30-17-8-6-15(7-9-17)11-21(32)29-18-4-2-3-16(26)12-18/h2-10,12-13,30H,11H2,1H3,(H,29,32). The van der Waals surface area contributed by atoms with Crippen molar-refractivity contribution in [3.05, 3.63) is 98.1 Å². The van der Waals surface area contributed by atoms with Crippen molar-refractivity contribution in [3.63, 3.8) is 0 Å².